The molecule has 9 heteroatoms. The van der Waals surface area contributed by atoms with E-state index in [1.165, 1.54) is 0 Å². The fraction of sp³-hybridized carbons (Fsp3) is 0.0909. The molecule has 0 radical (unpaired) electrons. The van der Waals surface area contributed by atoms with Gasteiger partial charge < -0.3 is 9.63 Å². The topological polar surface area (TPSA) is 97.5 Å². The van der Waals surface area contributed by atoms with E-state index in [0.717, 1.165) is 24.5 Å². The number of benzene rings is 1. The van der Waals surface area contributed by atoms with Gasteiger partial charge in [-0.15, -0.1) is 0 Å². The maximum atomic E-state index is 13.8. The molecule has 0 saturated carbocycles. The van der Waals surface area contributed by atoms with Crippen molar-refractivity contribution in [2.45, 2.75) is 4.90 Å². The predicted molar refractivity (Wildman–Crippen MR) is 61.9 cm³/mol. The molecular formula is C11H7F2NO5S. The van der Waals surface area contributed by atoms with Crippen molar-refractivity contribution in [1.82, 2.24) is 5.16 Å². The van der Waals surface area contributed by atoms with E-state index < -0.39 is 43.7 Å². The summed E-state index contributed by atoms with van der Waals surface area (Å²) < 4.78 is 54.4. The van der Waals surface area contributed by atoms with Gasteiger partial charge in [0.25, 0.3) is 0 Å². The van der Waals surface area contributed by atoms with Gasteiger partial charge in [0.1, 0.15) is 10.6 Å². The summed E-state index contributed by atoms with van der Waals surface area (Å²) in [5.74, 6) is -4.97. The molecule has 2 aromatic rings. The van der Waals surface area contributed by atoms with Crippen LogP contribution in [0, 0.1) is 11.6 Å². The van der Waals surface area contributed by atoms with E-state index in [9.17, 15) is 22.0 Å². The van der Waals surface area contributed by atoms with Crippen molar-refractivity contribution >= 4 is 15.8 Å². The fourth-order valence-electron chi connectivity index (χ4n) is 1.52. The SMILES string of the molecule is CS(=O)(=O)c1ccc(-c2cc(C(=O)O)on2)c(F)c1F. The summed E-state index contributed by atoms with van der Waals surface area (Å²) in [5.41, 5.74) is -0.648. The summed E-state index contributed by atoms with van der Waals surface area (Å²) >= 11 is 0. The average molecular weight is 303 g/mol. The highest BCUT2D eigenvalue weighted by Crippen LogP contribution is 2.28. The Morgan fingerprint density at radius 1 is 1.30 bits per heavy atom. The summed E-state index contributed by atoms with van der Waals surface area (Å²) in [6.45, 7) is 0. The lowest BCUT2D eigenvalue weighted by Crippen LogP contribution is -2.04. The lowest BCUT2D eigenvalue weighted by molar-refractivity contribution is 0.0652. The molecule has 0 spiro atoms. The lowest BCUT2D eigenvalue weighted by Gasteiger charge is -2.04. The van der Waals surface area contributed by atoms with Gasteiger partial charge in [0, 0.05) is 17.9 Å². The summed E-state index contributed by atoms with van der Waals surface area (Å²) in [7, 11) is -3.92. The van der Waals surface area contributed by atoms with Crippen LogP contribution in [0.3, 0.4) is 0 Å². The van der Waals surface area contributed by atoms with Crippen LogP contribution < -0.4 is 0 Å². The van der Waals surface area contributed by atoms with Crippen LogP contribution in [0.25, 0.3) is 11.3 Å². The molecule has 6 nitrogen and oxygen atoms in total. The van der Waals surface area contributed by atoms with Crippen LogP contribution in [0.1, 0.15) is 10.6 Å². The molecule has 1 aromatic carbocycles. The van der Waals surface area contributed by atoms with Gasteiger partial charge in [0.2, 0.25) is 5.76 Å². The van der Waals surface area contributed by atoms with Crippen molar-refractivity contribution < 1.29 is 31.6 Å². The molecule has 0 amide bonds. The monoisotopic (exact) mass is 303 g/mol. The number of carboxylic acids is 1. The molecule has 106 valence electrons. The minimum absolute atomic E-state index is 0.251. The van der Waals surface area contributed by atoms with Gasteiger partial charge in [0.05, 0.1) is 0 Å². The maximum Gasteiger partial charge on any atom is 0.374 e. The zero-order chi connectivity index (χ0) is 15.1. The molecule has 20 heavy (non-hydrogen) atoms. The second kappa shape index (κ2) is 4.67. The Hall–Kier alpha value is -2.29. The Bertz CT molecular complexity index is 797. The van der Waals surface area contributed by atoms with E-state index in [4.69, 9.17) is 5.11 Å². The van der Waals surface area contributed by atoms with Crippen molar-refractivity contribution in [2.75, 3.05) is 6.26 Å². The largest absolute Gasteiger partial charge is 0.475 e. The van der Waals surface area contributed by atoms with Crippen LogP contribution in [0.15, 0.2) is 27.6 Å². The summed E-state index contributed by atoms with van der Waals surface area (Å²) in [4.78, 5) is 9.81. The number of carboxylic acid groups (broad SMARTS) is 1. The molecule has 0 fully saturated rings. The highest BCUT2D eigenvalue weighted by atomic mass is 32.2. The first-order valence-electron chi connectivity index (χ1n) is 5.10. The van der Waals surface area contributed by atoms with Crippen LogP contribution in [0.4, 0.5) is 8.78 Å². The summed E-state index contributed by atoms with van der Waals surface area (Å²) in [6, 6.07) is 2.76. The van der Waals surface area contributed by atoms with E-state index in [0.29, 0.717) is 0 Å². The molecule has 1 aromatic heterocycles. The second-order valence-corrected chi connectivity index (χ2v) is 5.88. The number of hydrogen-bond acceptors (Lipinski definition) is 5. The van der Waals surface area contributed by atoms with Gasteiger partial charge in [-0.25, -0.2) is 22.0 Å². The zero-order valence-corrected chi connectivity index (χ0v) is 10.7. The zero-order valence-electron chi connectivity index (χ0n) is 9.92. The van der Waals surface area contributed by atoms with Gasteiger partial charge in [-0.3, -0.25) is 0 Å². The number of hydrogen-bond donors (Lipinski definition) is 1. The summed E-state index contributed by atoms with van der Waals surface area (Å²) in [6.07, 6.45) is 0.739. The number of rotatable bonds is 3. The minimum Gasteiger partial charge on any atom is -0.475 e. The normalized spacial score (nSPS) is 11.6. The Labute approximate surface area is 111 Å². The Balaban J connectivity index is 2.59. The number of sulfone groups is 1. The number of aromatic carboxylic acids is 1. The maximum absolute atomic E-state index is 13.8. The Morgan fingerprint density at radius 3 is 2.45 bits per heavy atom. The van der Waals surface area contributed by atoms with Crippen LogP contribution in [-0.2, 0) is 9.84 Å². The molecule has 0 bridgehead atoms. The van der Waals surface area contributed by atoms with Crippen molar-refractivity contribution in [3.05, 3.63) is 35.6 Å². The Morgan fingerprint density at radius 2 is 1.95 bits per heavy atom. The third kappa shape index (κ3) is 2.39. The van der Waals surface area contributed by atoms with E-state index in [1.807, 2.05) is 0 Å². The first-order chi connectivity index (χ1) is 9.21. The average Bonchev–Trinajstić information content (AvgIpc) is 2.80. The minimum atomic E-state index is -3.92. The number of halogens is 2. The van der Waals surface area contributed by atoms with Crippen LogP contribution >= 0.6 is 0 Å². The molecule has 0 atom stereocenters. The van der Waals surface area contributed by atoms with Gasteiger partial charge in [-0.2, -0.15) is 0 Å². The number of nitrogens with zero attached hydrogens (tertiary/aromatic N) is 1. The van der Waals surface area contributed by atoms with Crippen LogP contribution in [-0.4, -0.2) is 30.9 Å². The van der Waals surface area contributed by atoms with E-state index in [2.05, 4.69) is 9.68 Å². The third-order valence-electron chi connectivity index (χ3n) is 2.44. The Kier molecular flexibility index (Phi) is 3.30. The highest BCUT2D eigenvalue weighted by Gasteiger charge is 2.23. The molecule has 1 heterocycles. The molecule has 1 N–H and O–H groups in total. The molecular weight excluding hydrogens is 296 g/mol. The highest BCUT2D eigenvalue weighted by molar-refractivity contribution is 7.90. The van der Waals surface area contributed by atoms with Gasteiger partial charge in [0.15, 0.2) is 21.5 Å². The standard InChI is InChI=1S/C11H7F2NO5S/c1-20(17,18)8-3-2-5(9(12)10(8)13)6-4-7(11(15)16)19-14-6/h2-4H,1H3,(H,15,16). The first-order valence-corrected chi connectivity index (χ1v) is 6.99. The van der Waals surface area contributed by atoms with Crippen molar-refractivity contribution in [3.8, 4) is 11.3 Å². The lowest BCUT2D eigenvalue weighted by atomic mass is 10.1. The van der Waals surface area contributed by atoms with Gasteiger partial charge in [-0.05, 0) is 12.1 Å². The fourth-order valence-corrected chi connectivity index (χ4v) is 2.25. The van der Waals surface area contributed by atoms with Crippen molar-refractivity contribution in [3.63, 3.8) is 0 Å². The first kappa shape index (κ1) is 14.1. The van der Waals surface area contributed by atoms with Crippen LogP contribution in [0.2, 0.25) is 0 Å². The number of carbonyl (C=O) groups is 1. The van der Waals surface area contributed by atoms with Gasteiger partial charge >= 0.3 is 5.97 Å². The summed E-state index contributed by atoms with van der Waals surface area (Å²) in [5, 5.41) is 11.9. The molecule has 2 rings (SSSR count). The van der Waals surface area contributed by atoms with Crippen molar-refractivity contribution in [2.24, 2.45) is 0 Å². The van der Waals surface area contributed by atoms with E-state index in [-0.39, 0.29) is 5.69 Å². The molecule has 0 aliphatic rings. The quantitative estimate of drug-likeness (QED) is 0.927. The van der Waals surface area contributed by atoms with E-state index >= 15 is 0 Å². The number of aromatic nitrogens is 1. The predicted octanol–water partition coefficient (Wildman–Crippen LogP) is 1.72. The smallest absolute Gasteiger partial charge is 0.374 e. The second-order valence-electron chi connectivity index (χ2n) is 3.89. The van der Waals surface area contributed by atoms with Crippen molar-refractivity contribution in [1.29, 1.82) is 0 Å². The van der Waals surface area contributed by atoms with Gasteiger partial charge in [-0.1, -0.05) is 5.16 Å². The molecule has 0 unspecified atom stereocenters. The van der Waals surface area contributed by atoms with Crippen LogP contribution in [0.5, 0.6) is 0 Å². The molecule has 0 saturated heterocycles. The van der Waals surface area contributed by atoms with E-state index in [1.54, 1.807) is 0 Å². The third-order valence-corrected chi connectivity index (χ3v) is 3.56. The molecule has 0 aliphatic carbocycles. The molecule has 0 aliphatic heterocycles.